The van der Waals surface area contributed by atoms with E-state index in [2.05, 4.69) is 31.3 Å². The van der Waals surface area contributed by atoms with Crippen LogP contribution in [0, 0.1) is 5.92 Å². The van der Waals surface area contributed by atoms with Crippen molar-refractivity contribution in [1.82, 2.24) is 14.8 Å². The highest BCUT2D eigenvalue weighted by atomic mass is 79.9. The zero-order valence-corrected chi connectivity index (χ0v) is 17.1. The molecule has 1 aliphatic rings. The molecule has 1 aromatic carbocycles. The zero-order chi connectivity index (χ0) is 19.7. The second-order valence-corrected chi connectivity index (χ2v) is 7.49. The minimum Gasteiger partial charge on any atom is -0.503 e. The molecule has 0 bridgehead atoms. The third-order valence-electron chi connectivity index (χ3n) is 4.15. The van der Waals surface area contributed by atoms with Gasteiger partial charge in [-0.15, -0.1) is 0 Å². The Labute approximate surface area is 165 Å². The summed E-state index contributed by atoms with van der Waals surface area (Å²) in [6.45, 7) is 6.06. The van der Waals surface area contributed by atoms with Gasteiger partial charge in [-0.05, 0) is 46.5 Å². The number of nitrogens with one attached hydrogen (secondary N) is 1. The monoisotopic (exact) mass is 436 g/mol. The third-order valence-corrected chi connectivity index (χ3v) is 4.75. The number of methoxy groups -OCH3 is 1. The first-order chi connectivity index (χ1) is 12.8. The molecule has 0 unspecified atom stereocenters. The van der Waals surface area contributed by atoms with E-state index in [9.17, 15) is 9.90 Å². The van der Waals surface area contributed by atoms with Crippen molar-refractivity contribution in [3.63, 3.8) is 0 Å². The Morgan fingerprint density at radius 3 is 2.85 bits per heavy atom. The van der Waals surface area contributed by atoms with Crippen LogP contribution in [0.15, 0.2) is 34.2 Å². The molecule has 1 aromatic heterocycles. The Morgan fingerprint density at radius 2 is 2.19 bits per heavy atom. The number of hydrogen-bond acceptors (Lipinski definition) is 7. The molecule has 2 heterocycles. The van der Waals surface area contributed by atoms with Gasteiger partial charge < -0.3 is 19.9 Å². The summed E-state index contributed by atoms with van der Waals surface area (Å²) in [5.74, 6) is 0.574. The molecule has 0 spiro atoms. The fourth-order valence-electron chi connectivity index (χ4n) is 2.89. The van der Waals surface area contributed by atoms with Crippen LogP contribution in [0.25, 0.3) is 0 Å². The third kappa shape index (κ3) is 3.64. The molecule has 8 nitrogen and oxygen atoms in total. The van der Waals surface area contributed by atoms with Gasteiger partial charge in [-0.2, -0.15) is 10.1 Å². The number of aromatic hydroxyl groups is 1. The molecule has 1 atom stereocenters. The van der Waals surface area contributed by atoms with Gasteiger partial charge in [-0.3, -0.25) is 0 Å². The van der Waals surface area contributed by atoms with Crippen molar-refractivity contribution >= 4 is 27.8 Å². The van der Waals surface area contributed by atoms with Gasteiger partial charge in [0.05, 0.1) is 23.8 Å². The highest BCUT2D eigenvalue weighted by molar-refractivity contribution is 9.10. The largest absolute Gasteiger partial charge is 0.503 e. The Hall–Kier alpha value is -2.55. The van der Waals surface area contributed by atoms with Crippen LogP contribution in [-0.4, -0.2) is 39.6 Å². The molecular weight excluding hydrogens is 416 g/mol. The molecule has 27 heavy (non-hydrogen) atoms. The fraction of sp³-hybridized carbons (Fsp3) is 0.389. The predicted molar refractivity (Wildman–Crippen MR) is 103 cm³/mol. The number of carbonyl (C=O) groups excluding carboxylic acids is 1. The molecule has 9 heteroatoms. The molecular formula is C18H21BrN4O4. The summed E-state index contributed by atoms with van der Waals surface area (Å²) in [7, 11) is 1.47. The molecule has 0 saturated carbocycles. The topological polar surface area (TPSA) is 98.5 Å². The van der Waals surface area contributed by atoms with Crippen LogP contribution in [0.3, 0.4) is 0 Å². The van der Waals surface area contributed by atoms with Crippen LogP contribution in [0.2, 0.25) is 0 Å². The Bertz CT molecular complexity index is 907. The van der Waals surface area contributed by atoms with Crippen LogP contribution < -0.4 is 10.1 Å². The summed E-state index contributed by atoms with van der Waals surface area (Å²) in [5, 5.41) is 17.5. The summed E-state index contributed by atoms with van der Waals surface area (Å²) < 4.78 is 12.8. The standard InChI is InChI=1S/C18H21BrN4O4/c1-9(2)7-27-17(25)14-10(3)22-18-20-8-21-23(18)15(14)11-5-12(19)16(24)13(6-11)26-4/h5-6,8-9,15,24H,7H2,1-4H3,(H,20,21,22)/t15-/m0/s1. The second-order valence-electron chi connectivity index (χ2n) is 6.64. The molecule has 2 N–H and O–H groups in total. The number of nitrogens with zero attached hydrogens (tertiary/aromatic N) is 3. The first-order valence-electron chi connectivity index (χ1n) is 8.44. The molecule has 144 valence electrons. The lowest BCUT2D eigenvalue weighted by Gasteiger charge is -2.28. The van der Waals surface area contributed by atoms with Gasteiger partial charge in [0.25, 0.3) is 0 Å². The number of aromatic nitrogens is 3. The summed E-state index contributed by atoms with van der Waals surface area (Å²) in [5.41, 5.74) is 1.76. The van der Waals surface area contributed by atoms with Crippen LogP contribution in [0.5, 0.6) is 11.5 Å². The minimum atomic E-state index is -0.575. The number of rotatable bonds is 5. The molecule has 0 amide bonds. The summed E-state index contributed by atoms with van der Waals surface area (Å²) in [4.78, 5) is 17.1. The normalized spacial score (nSPS) is 16.1. The number of phenolic OH excluding ortho intramolecular Hbond substituents is 1. The molecule has 2 aromatic rings. The Kier molecular flexibility index (Phi) is 5.41. The van der Waals surface area contributed by atoms with E-state index in [0.717, 1.165) is 0 Å². The van der Waals surface area contributed by atoms with E-state index in [-0.39, 0.29) is 17.4 Å². The van der Waals surface area contributed by atoms with Gasteiger partial charge in [-0.25, -0.2) is 9.48 Å². The lowest BCUT2D eigenvalue weighted by molar-refractivity contribution is -0.140. The van der Waals surface area contributed by atoms with Gasteiger partial charge in [0, 0.05) is 5.70 Å². The van der Waals surface area contributed by atoms with E-state index < -0.39 is 12.0 Å². The Morgan fingerprint density at radius 1 is 1.44 bits per heavy atom. The maximum Gasteiger partial charge on any atom is 0.338 e. The number of fused-ring (bicyclic) bond motifs is 1. The van der Waals surface area contributed by atoms with E-state index in [1.165, 1.54) is 13.4 Å². The first-order valence-corrected chi connectivity index (χ1v) is 9.23. The van der Waals surface area contributed by atoms with Crippen molar-refractivity contribution in [2.45, 2.75) is 26.8 Å². The highest BCUT2D eigenvalue weighted by Crippen LogP contribution is 2.42. The quantitative estimate of drug-likeness (QED) is 0.693. The van der Waals surface area contributed by atoms with Crippen LogP contribution >= 0.6 is 15.9 Å². The lowest BCUT2D eigenvalue weighted by atomic mass is 9.95. The van der Waals surface area contributed by atoms with Crippen molar-refractivity contribution in [2.24, 2.45) is 5.92 Å². The Balaban J connectivity index is 2.12. The molecule has 0 saturated heterocycles. The van der Waals surface area contributed by atoms with Crippen LogP contribution in [0.1, 0.15) is 32.4 Å². The number of phenols is 1. The molecule has 0 radical (unpaired) electrons. The number of halogens is 1. The molecule has 0 fully saturated rings. The van der Waals surface area contributed by atoms with E-state index in [0.29, 0.717) is 33.9 Å². The van der Waals surface area contributed by atoms with Crippen molar-refractivity contribution in [1.29, 1.82) is 0 Å². The number of allylic oxidation sites excluding steroid dienone is 1. The van der Waals surface area contributed by atoms with Gasteiger partial charge in [0.15, 0.2) is 11.5 Å². The predicted octanol–water partition coefficient (Wildman–Crippen LogP) is 3.24. The van der Waals surface area contributed by atoms with Crippen molar-refractivity contribution < 1.29 is 19.4 Å². The maximum atomic E-state index is 12.9. The summed E-state index contributed by atoms with van der Waals surface area (Å²) in [6, 6.07) is 2.82. The summed E-state index contributed by atoms with van der Waals surface area (Å²) >= 11 is 3.33. The van der Waals surface area contributed by atoms with Crippen molar-refractivity contribution in [3.8, 4) is 11.5 Å². The van der Waals surface area contributed by atoms with Crippen LogP contribution in [-0.2, 0) is 9.53 Å². The van der Waals surface area contributed by atoms with E-state index in [4.69, 9.17) is 9.47 Å². The van der Waals surface area contributed by atoms with Crippen molar-refractivity contribution in [3.05, 3.63) is 39.8 Å². The summed E-state index contributed by atoms with van der Waals surface area (Å²) in [6.07, 6.45) is 1.41. The van der Waals surface area contributed by atoms with Gasteiger partial charge in [0.2, 0.25) is 5.95 Å². The molecule has 3 rings (SSSR count). The van der Waals surface area contributed by atoms with E-state index >= 15 is 0 Å². The van der Waals surface area contributed by atoms with Gasteiger partial charge in [0.1, 0.15) is 12.4 Å². The van der Waals surface area contributed by atoms with Gasteiger partial charge in [-0.1, -0.05) is 13.8 Å². The highest BCUT2D eigenvalue weighted by Gasteiger charge is 2.35. The SMILES string of the molecule is COc1cc([C@H]2C(C(=O)OCC(C)C)=C(C)Nc3ncnn32)cc(Br)c1O. The number of benzene rings is 1. The second kappa shape index (κ2) is 7.59. The number of ether oxygens (including phenoxy) is 2. The van der Waals surface area contributed by atoms with E-state index in [1.54, 1.807) is 23.7 Å². The van der Waals surface area contributed by atoms with Crippen LogP contribution in [0.4, 0.5) is 5.95 Å². The average Bonchev–Trinajstić information content (AvgIpc) is 3.08. The van der Waals surface area contributed by atoms with Gasteiger partial charge >= 0.3 is 5.97 Å². The fourth-order valence-corrected chi connectivity index (χ4v) is 3.35. The maximum absolute atomic E-state index is 12.9. The zero-order valence-electron chi connectivity index (χ0n) is 15.5. The number of carbonyl (C=O) groups is 1. The van der Waals surface area contributed by atoms with Crippen molar-refractivity contribution in [2.75, 3.05) is 19.0 Å². The molecule has 1 aliphatic heterocycles. The molecule has 0 aliphatic carbocycles. The smallest absolute Gasteiger partial charge is 0.338 e. The number of hydrogen-bond donors (Lipinski definition) is 2. The number of anilines is 1. The minimum absolute atomic E-state index is 0.0152. The average molecular weight is 437 g/mol. The van der Waals surface area contributed by atoms with E-state index in [1.807, 2.05) is 13.8 Å². The first kappa shape index (κ1) is 19.2. The number of esters is 1. The lowest BCUT2D eigenvalue weighted by Crippen LogP contribution is -2.30.